The Bertz CT molecular complexity index is 1250. The third-order valence-electron chi connectivity index (χ3n) is 9.48. The second kappa shape index (κ2) is 14.5. The molecule has 2 N–H and O–H groups in total. The summed E-state index contributed by atoms with van der Waals surface area (Å²) >= 11 is 0. The van der Waals surface area contributed by atoms with Crippen LogP contribution in [0.3, 0.4) is 0 Å². The highest BCUT2D eigenvalue weighted by Crippen LogP contribution is 2.32. The van der Waals surface area contributed by atoms with Crippen LogP contribution in [0.1, 0.15) is 65.4 Å². The average molecular weight is 612 g/mol. The monoisotopic (exact) mass is 611 g/mol. The van der Waals surface area contributed by atoms with Gasteiger partial charge >= 0.3 is 0 Å². The zero-order valence-corrected chi connectivity index (χ0v) is 27.2. The van der Waals surface area contributed by atoms with Crippen molar-refractivity contribution in [2.24, 2.45) is 11.8 Å². The van der Waals surface area contributed by atoms with Crippen molar-refractivity contribution in [1.29, 1.82) is 0 Å². The molecule has 4 amide bonds. The molecule has 7 atom stereocenters. The fourth-order valence-electron chi connectivity index (χ4n) is 6.63. The van der Waals surface area contributed by atoms with E-state index in [1.807, 2.05) is 46.7 Å². The van der Waals surface area contributed by atoms with Gasteiger partial charge in [0.1, 0.15) is 35.7 Å². The summed E-state index contributed by atoms with van der Waals surface area (Å²) in [5.74, 6) is -0.0456. The average Bonchev–Trinajstić information content (AvgIpc) is 3.66. The Balaban J connectivity index is 1.71. The SMILES string of the molecule is CCC(C)C(NC(=O)C(C(C)CC)N(C)C)C(=O)N1CCC2Oc3ccc(OC)c(c3)/C=C/NC(=O)C3CCCN3C(=O)C21. The number of likely N-dealkylation sites (tertiary alicyclic amines) is 1. The number of nitrogens with zero attached hydrogens (tertiary/aromatic N) is 3. The van der Waals surface area contributed by atoms with Gasteiger partial charge in [0.15, 0.2) is 0 Å². The van der Waals surface area contributed by atoms with E-state index in [9.17, 15) is 19.2 Å². The van der Waals surface area contributed by atoms with Gasteiger partial charge in [0.25, 0.3) is 0 Å². The van der Waals surface area contributed by atoms with Gasteiger partial charge in [-0.25, -0.2) is 0 Å². The Morgan fingerprint density at radius 2 is 1.84 bits per heavy atom. The smallest absolute Gasteiger partial charge is 0.249 e. The summed E-state index contributed by atoms with van der Waals surface area (Å²) in [6.45, 7) is 8.71. The van der Waals surface area contributed by atoms with E-state index in [2.05, 4.69) is 10.6 Å². The third-order valence-corrected chi connectivity index (χ3v) is 9.48. The largest absolute Gasteiger partial charge is 0.496 e. The minimum absolute atomic E-state index is 0.0846. The molecular weight excluding hydrogens is 562 g/mol. The third kappa shape index (κ3) is 6.87. The minimum atomic E-state index is -0.946. The van der Waals surface area contributed by atoms with Crippen molar-refractivity contribution in [3.05, 3.63) is 30.0 Å². The molecule has 242 valence electrons. The lowest BCUT2D eigenvalue weighted by Gasteiger charge is -2.36. The summed E-state index contributed by atoms with van der Waals surface area (Å²) in [7, 11) is 5.31. The van der Waals surface area contributed by atoms with Gasteiger partial charge in [0.2, 0.25) is 23.6 Å². The predicted octanol–water partition coefficient (Wildman–Crippen LogP) is 2.64. The Kier molecular flexibility index (Phi) is 10.9. The maximum absolute atomic E-state index is 14.4. The number of ether oxygens (including phenoxy) is 2. The van der Waals surface area contributed by atoms with E-state index in [-0.39, 0.29) is 35.5 Å². The number of nitrogens with one attached hydrogen (secondary N) is 2. The molecule has 11 nitrogen and oxygen atoms in total. The molecule has 0 radical (unpaired) electrons. The molecule has 0 saturated carbocycles. The van der Waals surface area contributed by atoms with Crippen LogP contribution >= 0.6 is 0 Å². The van der Waals surface area contributed by atoms with Crippen LogP contribution in [0.2, 0.25) is 0 Å². The number of rotatable bonds is 9. The fourth-order valence-corrected chi connectivity index (χ4v) is 6.63. The maximum atomic E-state index is 14.4. The van der Waals surface area contributed by atoms with E-state index >= 15 is 0 Å². The molecule has 1 aromatic rings. The molecule has 0 spiro atoms. The van der Waals surface area contributed by atoms with Crippen molar-refractivity contribution in [2.45, 2.75) is 90.1 Å². The standard InChI is InChI=1S/C33H49N5O6/c1-8-20(3)27(35-31(40)28(36(5)6)21(4)9-2)32(41)38-18-15-26-29(38)33(42)37-17-10-11-24(37)30(39)34-16-14-22-19-23(44-26)12-13-25(22)43-7/h12-14,16,19-21,24,26-29H,8-11,15,17-18H2,1-7H3,(H,34,39)(H,35,40)/b16-14+. The lowest BCUT2D eigenvalue weighted by Crippen LogP contribution is -2.61. The van der Waals surface area contributed by atoms with Gasteiger partial charge in [-0.15, -0.1) is 0 Å². The number of carbonyl (C=O) groups excluding carboxylic acids is 4. The van der Waals surface area contributed by atoms with Gasteiger partial charge in [-0.2, -0.15) is 0 Å². The Morgan fingerprint density at radius 1 is 1.11 bits per heavy atom. The first kappa shape index (κ1) is 33.3. The Labute approximate surface area is 261 Å². The van der Waals surface area contributed by atoms with Crippen LogP contribution in [0.5, 0.6) is 11.5 Å². The van der Waals surface area contributed by atoms with E-state index in [1.165, 1.54) is 0 Å². The highest BCUT2D eigenvalue weighted by Gasteiger charge is 2.50. The van der Waals surface area contributed by atoms with Crippen molar-refractivity contribution < 1.29 is 28.7 Å². The van der Waals surface area contributed by atoms with E-state index in [0.29, 0.717) is 55.8 Å². The lowest BCUT2D eigenvalue weighted by molar-refractivity contribution is -0.150. The Hall–Kier alpha value is -3.60. The Morgan fingerprint density at radius 3 is 2.50 bits per heavy atom. The maximum Gasteiger partial charge on any atom is 0.249 e. The second-order valence-corrected chi connectivity index (χ2v) is 12.5. The van der Waals surface area contributed by atoms with E-state index < -0.39 is 30.3 Å². The summed E-state index contributed by atoms with van der Waals surface area (Å²) in [5, 5.41) is 5.90. The van der Waals surface area contributed by atoms with Gasteiger partial charge in [-0.05, 0) is 63.0 Å². The van der Waals surface area contributed by atoms with Crippen molar-refractivity contribution in [1.82, 2.24) is 25.3 Å². The summed E-state index contributed by atoms with van der Waals surface area (Å²) in [5.41, 5.74) is 0.706. The molecule has 3 aliphatic rings. The first-order valence-electron chi connectivity index (χ1n) is 15.9. The van der Waals surface area contributed by atoms with E-state index in [1.54, 1.807) is 47.4 Å². The lowest BCUT2D eigenvalue weighted by atomic mass is 9.94. The van der Waals surface area contributed by atoms with Crippen molar-refractivity contribution >= 4 is 29.7 Å². The highest BCUT2D eigenvalue weighted by atomic mass is 16.5. The number of benzene rings is 1. The van der Waals surface area contributed by atoms with Crippen molar-refractivity contribution in [2.75, 3.05) is 34.3 Å². The van der Waals surface area contributed by atoms with E-state index in [0.717, 1.165) is 6.42 Å². The number of amides is 4. The molecule has 7 unspecified atom stereocenters. The molecule has 0 aromatic heterocycles. The summed E-state index contributed by atoms with van der Waals surface area (Å²) in [4.78, 5) is 60.7. The predicted molar refractivity (Wildman–Crippen MR) is 168 cm³/mol. The molecule has 2 bridgehead atoms. The topological polar surface area (TPSA) is 121 Å². The number of carbonyl (C=O) groups is 4. The van der Waals surface area contributed by atoms with Crippen LogP contribution in [-0.2, 0) is 19.2 Å². The van der Waals surface area contributed by atoms with Crippen molar-refractivity contribution in [3.8, 4) is 11.5 Å². The highest BCUT2D eigenvalue weighted by molar-refractivity contribution is 5.96. The van der Waals surface area contributed by atoms with Gasteiger partial charge in [-0.3, -0.25) is 24.1 Å². The molecule has 1 aromatic carbocycles. The first-order valence-corrected chi connectivity index (χ1v) is 15.9. The molecule has 2 fully saturated rings. The van der Waals surface area contributed by atoms with Crippen molar-refractivity contribution in [3.63, 3.8) is 0 Å². The molecule has 4 rings (SSSR count). The van der Waals surface area contributed by atoms with Gasteiger partial charge in [0.05, 0.1) is 13.2 Å². The molecule has 0 aliphatic carbocycles. The van der Waals surface area contributed by atoms with Gasteiger partial charge < -0.3 is 29.9 Å². The van der Waals surface area contributed by atoms with E-state index in [4.69, 9.17) is 9.47 Å². The summed E-state index contributed by atoms with van der Waals surface area (Å²) in [6, 6.07) is 2.53. The normalized spacial score (nSPS) is 25.2. The van der Waals surface area contributed by atoms with Gasteiger partial charge in [-0.1, -0.05) is 40.5 Å². The summed E-state index contributed by atoms with van der Waals surface area (Å²) in [6.07, 6.45) is 5.77. The summed E-state index contributed by atoms with van der Waals surface area (Å²) < 4.78 is 11.9. The molecular formula is C33H49N5O6. The van der Waals surface area contributed by atoms with Crippen LogP contribution in [-0.4, -0.2) is 103 Å². The number of hydrogen-bond acceptors (Lipinski definition) is 7. The van der Waals surface area contributed by atoms with Gasteiger partial charge in [0, 0.05) is 31.3 Å². The quantitative estimate of drug-likeness (QED) is 0.441. The van der Waals surface area contributed by atoms with Crippen LogP contribution in [0, 0.1) is 11.8 Å². The minimum Gasteiger partial charge on any atom is -0.496 e. The van der Waals surface area contributed by atoms with Crippen LogP contribution in [0.4, 0.5) is 0 Å². The fraction of sp³-hybridized carbons (Fsp3) is 0.636. The number of likely N-dealkylation sites (N-methyl/N-ethyl adjacent to an activating group) is 1. The van der Waals surface area contributed by atoms with Crippen LogP contribution in [0.15, 0.2) is 24.4 Å². The molecule has 3 heterocycles. The zero-order chi connectivity index (χ0) is 32.1. The molecule has 3 aliphatic heterocycles. The second-order valence-electron chi connectivity index (χ2n) is 12.5. The number of hydrogen-bond donors (Lipinski definition) is 2. The number of fused-ring (bicyclic) bond motifs is 4. The molecule has 11 heteroatoms. The van der Waals surface area contributed by atoms with Crippen LogP contribution in [0.25, 0.3) is 6.08 Å². The van der Waals surface area contributed by atoms with Crippen LogP contribution < -0.4 is 20.1 Å². The first-order chi connectivity index (χ1) is 21.0. The molecule has 2 saturated heterocycles. The molecule has 44 heavy (non-hydrogen) atoms. The number of methoxy groups -OCH3 is 1. The zero-order valence-electron chi connectivity index (χ0n) is 27.2.